The predicted octanol–water partition coefficient (Wildman–Crippen LogP) is 4.82. The molecule has 0 spiro atoms. The van der Waals surface area contributed by atoms with Crippen LogP contribution in [-0.4, -0.2) is 33.3 Å². The van der Waals surface area contributed by atoms with Gasteiger partial charge in [-0.3, -0.25) is 4.79 Å². The summed E-state index contributed by atoms with van der Waals surface area (Å²) < 4.78 is 7.80. The third-order valence-electron chi connectivity index (χ3n) is 6.18. The van der Waals surface area contributed by atoms with Crippen molar-refractivity contribution >= 4 is 16.9 Å². The van der Waals surface area contributed by atoms with Crippen LogP contribution < -0.4 is 10.1 Å². The summed E-state index contributed by atoms with van der Waals surface area (Å²) in [5.41, 5.74) is 4.79. The van der Waals surface area contributed by atoms with E-state index in [1.807, 2.05) is 48.9 Å². The molecule has 1 saturated carbocycles. The van der Waals surface area contributed by atoms with Crippen molar-refractivity contribution in [3.05, 3.63) is 47.2 Å². The standard InChI is InChI=1S/C25H32N4O2/c1-4-31-25-21(15-16-22(30)26-19-11-7-5-8-12-19)17(2)23-18(3)28-29(24(23)27-25)20-13-9-6-10-14-20/h6,9-10,13-14,19H,4-5,7-8,11-12,15-16H2,1-3H3,(H,26,30). The number of aryl methyl sites for hydroxylation is 2. The number of hydrogen-bond donors (Lipinski definition) is 1. The van der Waals surface area contributed by atoms with Crippen LogP contribution in [-0.2, 0) is 11.2 Å². The summed E-state index contributed by atoms with van der Waals surface area (Å²) in [6.45, 7) is 6.58. The minimum Gasteiger partial charge on any atom is -0.478 e. The fraction of sp³-hybridized carbons (Fsp3) is 0.480. The van der Waals surface area contributed by atoms with Crippen LogP contribution in [0.4, 0.5) is 0 Å². The van der Waals surface area contributed by atoms with Gasteiger partial charge in [-0.2, -0.15) is 10.1 Å². The molecule has 1 fully saturated rings. The van der Waals surface area contributed by atoms with Gasteiger partial charge in [0, 0.05) is 23.4 Å². The fourth-order valence-electron chi connectivity index (χ4n) is 4.62. The molecule has 2 heterocycles. The Labute approximate surface area is 184 Å². The van der Waals surface area contributed by atoms with E-state index in [1.165, 1.54) is 19.3 Å². The van der Waals surface area contributed by atoms with Gasteiger partial charge in [0.05, 0.1) is 18.0 Å². The van der Waals surface area contributed by atoms with Gasteiger partial charge in [-0.05, 0) is 57.7 Å². The van der Waals surface area contributed by atoms with Gasteiger partial charge in [0.15, 0.2) is 5.65 Å². The molecule has 6 heteroatoms. The lowest BCUT2D eigenvalue weighted by Gasteiger charge is -2.23. The number of carbonyl (C=O) groups excluding carboxylic acids is 1. The predicted molar refractivity (Wildman–Crippen MR) is 123 cm³/mol. The number of nitrogens with zero attached hydrogens (tertiary/aromatic N) is 3. The largest absolute Gasteiger partial charge is 0.478 e. The summed E-state index contributed by atoms with van der Waals surface area (Å²) in [6.07, 6.45) is 6.95. The molecule has 0 saturated heterocycles. The summed E-state index contributed by atoms with van der Waals surface area (Å²) >= 11 is 0. The number of ether oxygens (including phenoxy) is 1. The number of amides is 1. The normalized spacial score (nSPS) is 14.7. The van der Waals surface area contributed by atoms with Crippen molar-refractivity contribution in [1.82, 2.24) is 20.1 Å². The Morgan fingerprint density at radius 3 is 2.61 bits per heavy atom. The smallest absolute Gasteiger partial charge is 0.220 e. The molecule has 31 heavy (non-hydrogen) atoms. The zero-order valence-corrected chi connectivity index (χ0v) is 18.8. The quantitative estimate of drug-likeness (QED) is 0.595. The van der Waals surface area contributed by atoms with Gasteiger partial charge in [-0.25, -0.2) is 4.68 Å². The summed E-state index contributed by atoms with van der Waals surface area (Å²) in [6, 6.07) is 10.4. The van der Waals surface area contributed by atoms with E-state index < -0.39 is 0 Å². The monoisotopic (exact) mass is 420 g/mol. The average molecular weight is 421 g/mol. The first-order chi connectivity index (χ1) is 15.1. The molecule has 0 aliphatic heterocycles. The van der Waals surface area contributed by atoms with Crippen LogP contribution in [0, 0.1) is 13.8 Å². The van der Waals surface area contributed by atoms with Crippen LogP contribution in [0.1, 0.15) is 62.3 Å². The minimum absolute atomic E-state index is 0.116. The number of fused-ring (bicyclic) bond motifs is 1. The first-order valence-corrected chi connectivity index (χ1v) is 11.4. The first-order valence-electron chi connectivity index (χ1n) is 11.4. The molecule has 1 aromatic carbocycles. The van der Waals surface area contributed by atoms with E-state index in [4.69, 9.17) is 14.8 Å². The summed E-state index contributed by atoms with van der Waals surface area (Å²) in [7, 11) is 0. The van der Waals surface area contributed by atoms with E-state index >= 15 is 0 Å². The highest BCUT2D eigenvalue weighted by Crippen LogP contribution is 2.32. The lowest BCUT2D eigenvalue weighted by atomic mass is 9.95. The van der Waals surface area contributed by atoms with E-state index in [9.17, 15) is 4.79 Å². The first kappa shape index (κ1) is 21.3. The van der Waals surface area contributed by atoms with E-state index in [-0.39, 0.29) is 5.91 Å². The highest BCUT2D eigenvalue weighted by Gasteiger charge is 2.21. The van der Waals surface area contributed by atoms with Crippen LogP contribution >= 0.6 is 0 Å². The second-order valence-corrected chi connectivity index (χ2v) is 8.39. The summed E-state index contributed by atoms with van der Waals surface area (Å²) in [4.78, 5) is 17.5. The van der Waals surface area contributed by atoms with Crippen molar-refractivity contribution < 1.29 is 9.53 Å². The molecule has 0 bridgehead atoms. The van der Waals surface area contributed by atoms with Crippen molar-refractivity contribution in [3.8, 4) is 11.6 Å². The van der Waals surface area contributed by atoms with Gasteiger partial charge in [-0.1, -0.05) is 37.5 Å². The lowest BCUT2D eigenvalue weighted by molar-refractivity contribution is -0.121. The number of rotatable bonds is 7. The van der Waals surface area contributed by atoms with E-state index in [0.717, 1.165) is 46.4 Å². The maximum absolute atomic E-state index is 12.6. The van der Waals surface area contributed by atoms with Gasteiger partial charge in [-0.15, -0.1) is 0 Å². The number of para-hydroxylation sites is 1. The molecule has 1 N–H and O–H groups in total. The molecule has 1 aliphatic rings. The molecule has 164 valence electrons. The molecule has 0 radical (unpaired) electrons. The number of hydrogen-bond acceptors (Lipinski definition) is 4. The van der Waals surface area contributed by atoms with Crippen LogP contribution in [0.2, 0.25) is 0 Å². The van der Waals surface area contributed by atoms with Crippen molar-refractivity contribution in [2.24, 2.45) is 0 Å². The van der Waals surface area contributed by atoms with Gasteiger partial charge >= 0.3 is 0 Å². The van der Waals surface area contributed by atoms with E-state index in [1.54, 1.807) is 0 Å². The molecular weight excluding hydrogens is 388 g/mol. The molecule has 2 aromatic heterocycles. The average Bonchev–Trinajstić information content (AvgIpc) is 3.11. The van der Waals surface area contributed by atoms with Crippen molar-refractivity contribution in [3.63, 3.8) is 0 Å². The second-order valence-electron chi connectivity index (χ2n) is 8.39. The van der Waals surface area contributed by atoms with Gasteiger partial charge in [0.25, 0.3) is 0 Å². The number of nitrogens with one attached hydrogen (secondary N) is 1. The maximum atomic E-state index is 12.6. The fourth-order valence-corrected chi connectivity index (χ4v) is 4.62. The second kappa shape index (κ2) is 9.50. The highest BCUT2D eigenvalue weighted by atomic mass is 16.5. The molecule has 1 aliphatic carbocycles. The Morgan fingerprint density at radius 1 is 1.16 bits per heavy atom. The molecular formula is C25H32N4O2. The third kappa shape index (κ3) is 4.58. The molecule has 0 unspecified atom stereocenters. The Bertz CT molecular complexity index is 1050. The number of carbonyl (C=O) groups is 1. The number of aromatic nitrogens is 3. The van der Waals surface area contributed by atoms with Crippen LogP contribution in [0.15, 0.2) is 30.3 Å². The lowest BCUT2D eigenvalue weighted by Crippen LogP contribution is -2.36. The van der Waals surface area contributed by atoms with Crippen molar-refractivity contribution in [2.45, 2.75) is 71.8 Å². The highest BCUT2D eigenvalue weighted by molar-refractivity contribution is 5.86. The van der Waals surface area contributed by atoms with E-state index in [2.05, 4.69) is 12.2 Å². The van der Waals surface area contributed by atoms with Crippen LogP contribution in [0.5, 0.6) is 5.88 Å². The van der Waals surface area contributed by atoms with Crippen LogP contribution in [0.25, 0.3) is 16.7 Å². The molecule has 4 rings (SSSR count). The van der Waals surface area contributed by atoms with Crippen LogP contribution in [0.3, 0.4) is 0 Å². The van der Waals surface area contributed by atoms with Gasteiger partial charge < -0.3 is 10.1 Å². The van der Waals surface area contributed by atoms with Crippen molar-refractivity contribution in [1.29, 1.82) is 0 Å². The minimum atomic E-state index is 0.116. The molecule has 1 amide bonds. The zero-order valence-electron chi connectivity index (χ0n) is 18.8. The van der Waals surface area contributed by atoms with Gasteiger partial charge in [0.1, 0.15) is 0 Å². The Hall–Kier alpha value is -2.89. The van der Waals surface area contributed by atoms with Crippen molar-refractivity contribution in [2.75, 3.05) is 6.61 Å². The molecule has 6 nitrogen and oxygen atoms in total. The Kier molecular flexibility index (Phi) is 6.54. The Balaban J connectivity index is 1.63. The van der Waals surface area contributed by atoms with Gasteiger partial charge in [0.2, 0.25) is 11.8 Å². The SMILES string of the molecule is CCOc1nc2c(c(C)nn2-c2ccccc2)c(C)c1CCC(=O)NC1CCCCC1. The molecule has 0 atom stereocenters. The van der Waals surface area contributed by atoms with E-state index in [0.29, 0.717) is 31.4 Å². The summed E-state index contributed by atoms with van der Waals surface area (Å²) in [5.74, 6) is 0.723. The maximum Gasteiger partial charge on any atom is 0.220 e. The summed E-state index contributed by atoms with van der Waals surface area (Å²) in [5, 5.41) is 9.01. The Morgan fingerprint density at radius 2 is 1.90 bits per heavy atom. The number of pyridine rings is 1. The zero-order chi connectivity index (χ0) is 21.8. The topological polar surface area (TPSA) is 69.0 Å². The molecule has 3 aromatic rings. The third-order valence-corrected chi connectivity index (χ3v) is 6.18. The number of benzene rings is 1.